The monoisotopic (exact) mass is 288 g/mol. The highest BCUT2D eigenvalue weighted by molar-refractivity contribution is 9.10. The first kappa shape index (κ1) is 12.8. The lowest BCUT2D eigenvalue weighted by molar-refractivity contribution is 0.0689. The van der Waals surface area contributed by atoms with E-state index in [2.05, 4.69) is 15.9 Å². The summed E-state index contributed by atoms with van der Waals surface area (Å²) in [4.78, 5) is 11.2. The van der Waals surface area contributed by atoms with Gasteiger partial charge in [0.15, 0.2) is 5.75 Å². The fourth-order valence-corrected chi connectivity index (χ4v) is 2.19. The molecule has 1 aromatic rings. The number of halogens is 1. The molecule has 0 radical (unpaired) electrons. The van der Waals surface area contributed by atoms with Crippen molar-refractivity contribution in [2.75, 3.05) is 14.2 Å². The van der Waals surface area contributed by atoms with Gasteiger partial charge in [-0.1, -0.05) is 6.92 Å². The molecule has 0 spiro atoms. The maximum Gasteiger partial charge on any atom is 0.343 e. The Morgan fingerprint density at radius 1 is 1.38 bits per heavy atom. The highest BCUT2D eigenvalue weighted by Crippen LogP contribution is 2.38. The zero-order valence-corrected chi connectivity index (χ0v) is 10.9. The minimum absolute atomic E-state index is 0.0521. The highest BCUT2D eigenvalue weighted by Gasteiger charge is 2.23. The summed E-state index contributed by atoms with van der Waals surface area (Å²) in [5, 5.41) is 9.17. The molecule has 0 atom stereocenters. The topological polar surface area (TPSA) is 55.8 Å². The van der Waals surface area contributed by atoms with Gasteiger partial charge in [-0.05, 0) is 34.0 Å². The summed E-state index contributed by atoms with van der Waals surface area (Å²) in [6, 6.07) is 1.81. The van der Waals surface area contributed by atoms with E-state index >= 15 is 0 Å². The molecule has 0 aliphatic rings. The Morgan fingerprint density at radius 3 is 2.31 bits per heavy atom. The van der Waals surface area contributed by atoms with Crippen LogP contribution in [-0.2, 0) is 6.42 Å². The second-order valence-corrected chi connectivity index (χ2v) is 3.97. The molecular weight excluding hydrogens is 276 g/mol. The summed E-state index contributed by atoms with van der Waals surface area (Å²) in [5.74, 6) is -0.429. The van der Waals surface area contributed by atoms with Crippen molar-refractivity contribution in [3.63, 3.8) is 0 Å². The SMILES string of the molecule is CCc1cc(Br)c(OC)c(C(=O)O)c1OC. The smallest absolute Gasteiger partial charge is 0.343 e. The van der Waals surface area contributed by atoms with E-state index < -0.39 is 5.97 Å². The number of benzene rings is 1. The molecule has 1 aromatic carbocycles. The standard InChI is InChI=1S/C11H13BrO4/c1-4-6-5-7(12)10(16-3)8(11(13)14)9(6)15-2/h5H,4H2,1-3H3,(H,13,14). The molecule has 0 fully saturated rings. The van der Waals surface area contributed by atoms with Gasteiger partial charge in [-0.2, -0.15) is 0 Å². The van der Waals surface area contributed by atoms with Crippen LogP contribution in [0.3, 0.4) is 0 Å². The first-order valence-corrected chi connectivity index (χ1v) is 5.52. The summed E-state index contributed by atoms with van der Waals surface area (Å²) >= 11 is 3.29. The molecule has 1 N–H and O–H groups in total. The summed E-state index contributed by atoms with van der Waals surface area (Å²) in [7, 11) is 2.88. The van der Waals surface area contributed by atoms with Gasteiger partial charge in [-0.3, -0.25) is 0 Å². The Kier molecular flexibility index (Phi) is 4.18. The molecule has 1 rings (SSSR count). The molecule has 88 valence electrons. The number of methoxy groups -OCH3 is 2. The molecule has 0 saturated carbocycles. The second kappa shape index (κ2) is 5.21. The minimum atomic E-state index is -1.07. The lowest BCUT2D eigenvalue weighted by Gasteiger charge is -2.15. The third-order valence-electron chi connectivity index (χ3n) is 2.27. The van der Waals surface area contributed by atoms with Crippen LogP contribution in [0.2, 0.25) is 0 Å². The van der Waals surface area contributed by atoms with E-state index in [9.17, 15) is 9.90 Å². The van der Waals surface area contributed by atoms with Crippen molar-refractivity contribution in [1.82, 2.24) is 0 Å². The van der Waals surface area contributed by atoms with E-state index in [1.807, 2.05) is 13.0 Å². The summed E-state index contributed by atoms with van der Waals surface area (Å²) in [5.41, 5.74) is 0.879. The van der Waals surface area contributed by atoms with E-state index in [1.54, 1.807) is 0 Å². The average Bonchev–Trinajstić information content (AvgIpc) is 2.27. The lowest BCUT2D eigenvalue weighted by atomic mass is 10.1. The molecule has 4 nitrogen and oxygen atoms in total. The number of hydrogen-bond donors (Lipinski definition) is 1. The van der Waals surface area contributed by atoms with E-state index in [1.165, 1.54) is 14.2 Å². The zero-order chi connectivity index (χ0) is 12.3. The molecule has 0 aliphatic carbocycles. The number of carboxylic acid groups (broad SMARTS) is 1. The van der Waals surface area contributed by atoms with Crippen LogP contribution in [0.4, 0.5) is 0 Å². The quantitative estimate of drug-likeness (QED) is 0.926. The van der Waals surface area contributed by atoms with Gasteiger partial charge < -0.3 is 14.6 Å². The van der Waals surface area contributed by atoms with E-state index in [4.69, 9.17) is 9.47 Å². The highest BCUT2D eigenvalue weighted by atomic mass is 79.9. The lowest BCUT2D eigenvalue weighted by Crippen LogP contribution is -2.06. The van der Waals surface area contributed by atoms with Crippen LogP contribution in [-0.4, -0.2) is 25.3 Å². The average molecular weight is 289 g/mol. The summed E-state index contributed by atoms with van der Waals surface area (Å²) in [6.45, 7) is 1.93. The molecule has 0 bridgehead atoms. The molecule has 0 amide bonds. The molecule has 0 saturated heterocycles. The number of ether oxygens (including phenoxy) is 2. The Balaban J connectivity index is 3.60. The van der Waals surface area contributed by atoms with Crippen LogP contribution in [0.25, 0.3) is 0 Å². The summed E-state index contributed by atoms with van der Waals surface area (Å²) < 4.78 is 10.8. The fourth-order valence-electron chi connectivity index (χ4n) is 1.56. The second-order valence-electron chi connectivity index (χ2n) is 3.12. The molecule has 0 heterocycles. The van der Waals surface area contributed by atoms with Gasteiger partial charge in [-0.25, -0.2) is 4.79 Å². The Hall–Kier alpha value is -1.23. The predicted octanol–water partition coefficient (Wildman–Crippen LogP) is 2.73. The molecule has 0 aromatic heterocycles. The number of carbonyl (C=O) groups is 1. The van der Waals surface area contributed by atoms with Crippen molar-refractivity contribution in [1.29, 1.82) is 0 Å². The Morgan fingerprint density at radius 2 is 1.94 bits per heavy atom. The number of carboxylic acids is 1. The first-order valence-electron chi connectivity index (χ1n) is 4.73. The van der Waals surface area contributed by atoms with Gasteiger partial charge in [0.1, 0.15) is 11.3 Å². The maximum absolute atomic E-state index is 11.2. The number of rotatable bonds is 4. The Labute approximate surface area is 102 Å². The van der Waals surface area contributed by atoms with Crippen LogP contribution >= 0.6 is 15.9 Å². The van der Waals surface area contributed by atoms with Crippen LogP contribution in [0.5, 0.6) is 11.5 Å². The summed E-state index contributed by atoms with van der Waals surface area (Å²) in [6.07, 6.45) is 0.687. The van der Waals surface area contributed by atoms with Crippen molar-refractivity contribution in [3.05, 3.63) is 21.7 Å². The van der Waals surface area contributed by atoms with Crippen molar-refractivity contribution in [2.45, 2.75) is 13.3 Å². The van der Waals surface area contributed by atoms with Gasteiger partial charge >= 0.3 is 5.97 Å². The van der Waals surface area contributed by atoms with Crippen LogP contribution in [0.1, 0.15) is 22.8 Å². The number of hydrogen-bond acceptors (Lipinski definition) is 3. The van der Waals surface area contributed by atoms with Crippen LogP contribution in [0.15, 0.2) is 10.5 Å². The van der Waals surface area contributed by atoms with E-state index in [0.29, 0.717) is 16.6 Å². The maximum atomic E-state index is 11.2. The Bertz CT molecular complexity index is 415. The van der Waals surface area contributed by atoms with Crippen molar-refractivity contribution in [3.8, 4) is 11.5 Å². The minimum Gasteiger partial charge on any atom is -0.495 e. The van der Waals surface area contributed by atoms with E-state index in [0.717, 1.165) is 5.56 Å². The van der Waals surface area contributed by atoms with Gasteiger partial charge in [-0.15, -0.1) is 0 Å². The van der Waals surface area contributed by atoms with Crippen molar-refractivity contribution in [2.24, 2.45) is 0 Å². The molecule has 16 heavy (non-hydrogen) atoms. The van der Waals surface area contributed by atoms with E-state index in [-0.39, 0.29) is 11.3 Å². The third-order valence-corrected chi connectivity index (χ3v) is 2.86. The van der Waals surface area contributed by atoms with Gasteiger partial charge in [0.05, 0.1) is 18.7 Å². The number of aryl methyl sites for hydroxylation is 1. The fraction of sp³-hybridized carbons (Fsp3) is 0.364. The molecule has 0 unspecified atom stereocenters. The molecule has 5 heteroatoms. The third kappa shape index (κ3) is 2.14. The van der Waals surface area contributed by atoms with Crippen molar-refractivity contribution >= 4 is 21.9 Å². The molecule has 0 aliphatic heterocycles. The van der Waals surface area contributed by atoms with Crippen LogP contribution < -0.4 is 9.47 Å². The first-order chi connectivity index (χ1) is 7.56. The van der Waals surface area contributed by atoms with Gasteiger partial charge in [0, 0.05) is 0 Å². The van der Waals surface area contributed by atoms with Gasteiger partial charge in [0.25, 0.3) is 0 Å². The normalized spacial score (nSPS) is 10.0. The predicted molar refractivity (Wildman–Crippen MR) is 63.6 cm³/mol. The molecular formula is C11H13BrO4. The zero-order valence-electron chi connectivity index (χ0n) is 9.33. The van der Waals surface area contributed by atoms with Crippen molar-refractivity contribution < 1.29 is 19.4 Å². The largest absolute Gasteiger partial charge is 0.495 e. The van der Waals surface area contributed by atoms with Crippen LogP contribution in [0, 0.1) is 0 Å². The van der Waals surface area contributed by atoms with Gasteiger partial charge in [0.2, 0.25) is 0 Å². The number of aromatic carboxylic acids is 1.